The predicted molar refractivity (Wildman–Crippen MR) is 68.9 cm³/mol. The van der Waals surface area contributed by atoms with Crippen molar-refractivity contribution >= 4 is 5.91 Å². The van der Waals surface area contributed by atoms with Crippen LogP contribution in [0.3, 0.4) is 0 Å². The topological polar surface area (TPSA) is 29.1 Å². The van der Waals surface area contributed by atoms with Crippen LogP contribution in [0.15, 0.2) is 12.7 Å². The van der Waals surface area contributed by atoms with Crippen LogP contribution in [-0.2, 0) is 4.79 Å². The number of unbranched alkanes of at least 4 members (excludes halogenated alkanes) is 2. The quantitative estimate of drug-likeness (QED) is 0.365. The largest absolute Gasteiger partial charge is 0.309 e. The van der Waals surface area contributed by atoms with Crippen LogP contribution in [-0.4, -0.2) is 37.2 Å². The van der Waals surface area contributed by atoms with Gasteiger partial charge in [-0.25, -0.2) is 0 Å². The van der Waals surface area contributed by atoms with Gasteiger partial charge in [0.25, 0.3) is 0 Å². The smallest absolute Gasteiger partial charge is 0.247 e. The maximum Gasteiger partial charge on any atom is 0.247 e. The minimum absolute atomic E-state index is 0.0719. The Hall–Kier alpha value is -0.830. The molecule has 3 nitrogen and oxygen atoms in total. The van der Waals surface area contributed by atoms with Crippen LogP contribution in [0.5, 0.6) is 0 Å². The normalized spacial score (nSPS) is 11.2. The first-order valence-corrected chi connectivity index (χ1v) is 6.31. The molecule has 0 aliphatic carbocycles. The molecule has 0 bridgehead atoms. The highest BCUT2D eigenvalue weighted by atomic mass is 16.1. The van der Waals surface area contributed by atoms with Gasteiger partial charge in [-0.05, 0) is 18.9 Å². The number of hydrogen-bond acceptors (Lipinski definition) is 1. The Labute approximate surface area is 100 Å². The molecule has 0 aromatic heterocycles. The van der Waals surface area contributed by atoms with Gasteiger partial charge in [0.2, 0.25) is 5.91 Å². The summed E-state index contributed by atoms with van der Waals surface area (Å²) in [5.74, 6) is -0.0719. The maximum absolute atomic E-state index is 11.2. The van der Waals surface area contributed by atoms with E-state index in [1.165, 1.54) is 31.8 Å². The van der Waals surface area contributed by atoms with Crippen molar-refractivity contribution in [3.05, 3.63) is 12.7 Å². The Morgan fingerprint density at radius 1 is 1.25 bits per heavy atom. The average Bonchev–Trinajstić information content (AvgIpc) is 2.31. The minimum atomic E-state index is -0.0719. The molecular weight excluding hydrogens is 200 g/mol. The second-order valence-corrected chi connectivity index (χ2v) is 4.68. The van der Waals surface area contributed by atoms with Crippen LogP contribution in [0.2, 0.25) is 0 Å². The van der Waals surface area contributed by atoms with E-state index in [2.05, 4.69) is 32.8 Å². The molecule has 0 aromatic carbocycles. The summed E-state index contributed by atoms with van der Waals surface area (Å²) in [6.45, 7) is 10.8. The van der Waals surface area contributed by atoms with E-state index in [1.807, 2.05) is 0 Å². The highest BCUT2D eigenvalue weighted by molar-refractivity contribution is 5.86. The first kappa shape index (κ1) is 15.2. The van der Waals surface area contributed by atoms with Gasteiger partial charge in [0.1, 0.15) is 0 Å². The second-order valence-electron chi connectivity index (χ2n) is 4.68. The summed E-state index contributed by atoms with van der Waals surface area (Å²) < 4.78 is 0.932. The molecule has 0 rings (SSSR count). The summed E-state index contributed by atoms with van der Waals surface area (Å²) in [7, 11) is 2.22. The lowest BCUT2D eigenvalue weighted by atomic mass is 10.2. The molecule has 0 aliphatic rings. The Bertz CT molecular complexity index is 206. The molecule has 0 aliphatic heterocycles. The fourth-order valence-electron chi connectivity index (χ4n) is 1.69. The molecule has 0 saturated heterocycles. The summed E-state index contributed by atoms with van der Waals surface area (Å²) >= 11 is 0. The van der Waals surface area contributed by atoms with Crippen molar-refractivity contribution in [1.82, 2.24) is 5.32 Å². The number of carbonyl (C=O) groups is 1. The van der Waals surface area contributed by atoms with Crippen LogP contribution >= 0.6 is 0 Å². The maximum atomic E-state index is 11.2. The van der Waals surface area contributed by atoms with Crippen molar-refractivity contribution in [2.45, 2.75) is 39.5 Å². The van der Waals surface area contributed by atoms with E-state index in [0.29, 0.717) is 6.67 Å². The van der Waals surface area contributed by atoms with E-state index in [-0.39, 0.29) is 5.91 Å². The van der Waals surface area contributed by atoms with Crippen LogP contribution < -0.4 is 5.32 Å². The molecule has 1 N–H and O–H groups in total. The van der Waals surface area contributed by atoms with Crippen molar-refractivity contribution < 1.29 is 9.28 Å². The standard InChI is InChI=1S/C13H26N2O/c1-5-8-10-15(4,11-9-6-2)12-14-13(16)7-3/h7H,3,5-6,8-12H2,1-2,4H3/p+1. The summed E-state index contributed by atoms with van der Waals surface area (Å²) in [6.07, 6.45) is 6.17. The number of amides is 1. The summed E-state index contributed by atoms with van der Waals surface area (Å²) in [5, 5.41) is 2.91. The average molecular weight is 227 g/mol. The molecule has 0 unspecified atom stereocenters. The van der Waals surface area contributed by atoms with Crippen LogP contribution in [0.4, 0.5) is 0 Å². The summed E-state index contributed by atoms with van der Waals surface area (Å²) in [4.78, 5) is 11.2. The number of nitrogens with zero attached hydrogens (tertiary/aromatic N) is 1. The van der Waals surface area contributed by atoms with Gasteiger partial charge in [0.15, 0.2) is 6.67 Å². The van der Waals surface area contributed by atoms with Crippen LogP contribution in [0.1, 0.15) is 39.5 Å². The molecule has 0 spiro atoms. The number of rotatable bonds is 9. The molecule has 0 saturated carbocycles. The molecule has 0 aromatic rings. The monoisotopic (exact) mass is 227 g/mol. The Kier molecular flexibility index (Phi) is 7.90. The molecule has 0 fully saturated rings. The third kappa shape index (κ3) is 6.62. The van der Waals surface area contributed by atoms with Gasteiger partial charge in [0.05, 0.1) is 20.1 Å². The Morgan fingerprint density at radius 2 is 1.75 bits per heavy atom. The molecule has 0 heterocycles. The number of quaternary nitrogens is 1. The molecule has 16 heavy (non-hydrogen) atoms. The lowest BCUT2D eigenvalue weighted by Crippen LogP contribution is -2.52. The van der Waals surface area contributed by atoms with E-state index in [4.69, 9.17) is 0 Å². The van der Waals surface area contributed by atoms with E-state index >= 15 is 0 Å². The van der Waals surface area contributed by atoms with Crippen molar-refractivity contribution in [1.29, 1.82) is 0 Å². The molecule has 94 valence electrons. The van der Waals surface area contributed by atoms with Gasteiger partial charge in [0, 0.05) is 0 Å². The van der Waals surface area contributed by atoms with E-state index in [1.54, 1.807) is 0 Å². The van der Waals surface area contributed by atoms with Gasteiger partial charge in [-0.2, -0.15) is 0 Å². The summed E-state index contributed by atoms with van der Waals surface area (Å²) in [5.41, 5.74) is 0. The molecular formula is C13H27N2O+. The van der Waals surface area contributed by atoms with Crippen molar-refractivity contribution in [3.63, 3.8) is 0 Å². The Morgan fingerprint density at radius 3 is 2.12 bits per heavy atom. The third-order valence-electron chi connectivity index (χ3n) is 2.92. The summed E-state index contributed by atoms with van der Waals surface area (Å²) in [6, 6.07) is 0. The van der Waals surface area contributed by atoms with Gasteiger partial charge in [-0.1, -0.05) is 33.3 Å². The van der Waals surface area contributed by atoms with Crippen molar-refractivity contribution in [3.8, 4) is 0 Å². The predicted octanol–water partition coefficient (Wildman–Crippen LogP) is 2.29. The van der Waals surface area contributed by atoms with Crippen LogP contribution in [0, 0.1) is 0 Å². The highest BCUT2D eigenvalue weighted by Gasteiger charge is 2.20. The zero-order valence-electron chi connectivity index (χ0n) is 11.1. The minimum Gasteiger partial charge on any atom is -0.309 e. The fraction of sp³-hybridized carbons (Fsp3) is 0.769. The number of nitrogens with one attached hydrogen (secondary N) is 1. The Balaban J connectivity index is 4.16. The molecule has 1 amide bonds. The lowest BCUT2D eigenvalue weighted by Gasteiger charge is -2.34. The first-order chi connectivity index (χ1) is 7.58. The zero-order chi connectivity index (χ0) is 12.4. The van der Waals surface area contributed by atoms with E-state index < -0.39 is 0 Å². The highest BCUT2D eigenvalue weighted by Crippen LogP contribution is 2.07. The molecule has 0 radical (unpaired) electrons. The first-order valence-electron chi connectivity index (χ1n) is 6.31. The second kappa shape index (κ2) is 8.34. The van der Waals surface area contributed by atoms with E-state index in [0.717, 1.165) is 17.6 Å². The van der Waals surface area contributed by atoms with Crippen molar-refractivity contribution in [2.75, 3.05) is 26.8 Å². The number of hydrogen-bond donors (Lipinski definition) is 1. The number of carbonyl (C=O) groups excluding carboxylic acids is 1. The zero-order valence-corrected chi connectivity index (χ0v) is 11.1. The van der Waals surface area contributed by atoms with E-state index in [9.17, 15) is 4.79 Å². The van der Waals surface area contributed by atoms with Crippen molar-refractivity contribution in [2.24, 2.45) is 0 Å². The lowest BCUT2D eigenvalue weighted by molar-refractivity contribution is -0.911. The molecule has 0 atom stereocenters. The molecule has 3 heteroatoms. The van der Waals surface area contributed by atoms with Crippen LogP contribution in [0.25, 0.3) is 0 Å². The van der Waals surface area contributed by atoms with Gasteiger partial charge in [-0.3, -0.25) is 4.79 Å². The van der Waals surface area contributed by atoms with Gasteiger partial charge >= 0.3 is 0 Å². The van der Waals surface area contributed by atoms with Gasteiger partial charge in [-0.15, -0.1) is 0 Å². The SMILES string of the molecule is C=CC(=O)NC[N+](C)(CCCC)CCCC. The van der Waals surface area contributed by atoms with Gasteiger partial charge < -0.3 is 9.80 Å². The third-order valence-corrected chi connectivity index (χ3v) is 2.92. The fourth-order valence-corrected chi connectivity index (χ4v) is 1.69.